The van der Waals surface area contributed by atoms with E-state index < -0.39 is 24.3 Å². The van der Waals surface area contributed by atoms with Crippen molar-refractivity contribution in [3.63, 3.8) is 0 Å². The molecule has 5 N–H and O–H groups in total. The molecule has 66 valence electrons. The molecule has 1 fully saturated rings. The zero-order chi connectivity index (χ0) is 8.43. The summed E-state index contributed by atoms with van der Waals surface area (Å²) in [6.45, 7) is -0.483. The molecule has 0 amide bonds. The third kappa shape index (κ3) is 1.52. The second-order valence-corrected chi connectivity index (χ2v) is 2.73. The fourth-order valence-corrected chi connectivity index (χ4v) is 1.27. The highest BCUT2D eigenvalue weighted by Gasteiger charge is 2.39. The van der Waals surface area contributed by atoms with Gasteiger partial charge in [-0.15, -0.1) is 0 Å². The molecular formula is C6H13NO4. The molecule has 0 aromatic rings. The Kier molecular flexibility index (Phi) is 2.80. The van der Waals surface area contributed by atoms with Crippen molar-refractivity contribution in [3.05, 3.63) is 0 Å². The predicted molar refractivity (Wildman–Crippen MR) is 36.9 cm³/mol. The van der Waals surface area contributed by atoms with Gasteiger partial charge in [0.15, 0.2) is 0 Å². The van der Waals surface area contributed by atoms with Crippen LogP contribution in [0.5, 0.6) is 0 Å². The molecule has 0 aromatic heterocycles. The molecule has 11 heavy (non-hydrogen) atoms. The Hall–Kier alpha value is -0.200. The first-order valence-electron chi connectivity index (χ1n) is 3.54. The van der Waals surface area contributed by atoms with E-state index in [4.69, 9.17) is 10.2 Å². The van der Waals surface area contributed by atoms with Crippen LogP contribution in [0.1, 0.15) is 0 Å². The van der Waals surface area contributed by atoms with Crippen molar-refractivity contribution >= 4 is 0 Å². The first-order valence-corrected chi connectivity index (χ1v) is 3.54. The van der Waals surface area contributed by atoms with Crippen LogP contribution in [0.25, 0.3) is 0 Å². The smallest absolute Gasteiger partial charge is 0.0990 e. The standard InChI is InChI=1S/C6H13NO4/c8-1-3-5(10)6(11)4(2-9)7-3/h3-11H,1-2H2/t3-,4+,5-,6?/m1/s1. The summed E-state index contributed by atoms with van der Waals surface area (Å²) in [4.78, 5) is 0. The average Bonchev–Trinajstić information content (AvgIpc) is 2.30. The Labute approximate surface area is 64.3 Å². The van der Waals surface area contributed by atoms with Crippen molar-refractivity contribution < 1.29 is 20.4 Å². The van der Waals surface area contributed by atoms with Crippen molar-refractivity contribution in [1.82, 2.24) is 5.32 Å². The Balaban J connectivity index is 2.53. The van der Waals surface area contributed by atoms with Crippen LogP contribution in [-0.4, -0.2) is 57.9 Å². The average molecular weight is 163 g/mol. The summed E-state index contributed by atoms with van der Waals surface area (Å²) in [5.41, 5.74) is 0. The van der Waals surface area contributed by atoms with Crippen LogP contribution in [0.2, 0.25) is 0 Å². The first-order chi connectivity index (χ1) is 5.20. The van der Waals surface area contributed by atoms with Gasteiger partial charge in [-0.05, 0) is 0 Å². The summed E-state index contributed by atoms with van der Waals surface area (Å²) in [7, 11) is 0. The van der Waals surface area contributed by atoms with Gasteiger partial charge in [0.2, 0.25) is 0 Å². The molecular weight excluding hydrogens is 150 g/mol. The van der Waals surface area contributed by atoms with E-state index in [9.17, 15) is 10.2 Å². The topological polar surface area (TPSA) is 93.0 Å². The van der Waals surface area contributed by atoms with E-state index in [1.54, 1.807) is 0 Å². The van der Waals surface area contributed by atoms with E-state index in [2.05, 4.69) is 5.32 Å². The van der Waals surface area contributed by atoms with Crippen LogP contribution < -0.4 is 5.32 Å². The van der Waals surface area contributed by atoms with Crippen molar-refractivity contribution in [3.8, 4) is 0 Å². The van der Waals surface area contributed by atoms with Crippen LogP contribution >= 0.6 is 0 Å². The van der Waals surface area contributed by atoms with Gasteiger partial charge in [0, 0.05) is 0 Å². The molecule has 5 heteroatoms. The molecule has 0 aromatic carbocycles. The van der Waals surface area contributed by atoms with Crippen molar-refractivity contribution in [2.45, 2.75) is 24.3 Å². The number of hydrogen-bond donors (Lipinski definition) is 5. The van der Waals surface area contributed by atoms with Gasteiger partial charge in [-0.25, -0.2) is 0 Å². The monoisotopic (exact) mass is 163 g/mol. The molecule has 1 heterocycles. The molecule has 0 spiro atoms. The summed E-state index contributed by atoms with van der Waals surface area (Å²) in [5, 5.41) is 38.3. The summed E-state index contributed by atoms with van der Waals surface area (Å²) >= 11 is 0. The van der Waals surface area contributed by atoms with Crippen LogP contribution in [-0.2, 0) is 0 Å². The minimum absolute atomic E-state index is 0.241. The largest absolute Gasteiger partial charge is 0.395 e. The Bertz CT molecular complexity index is 114. The Morgan fingerprint density at radius 2 is 1.27 bits per heavy atom. The maximum atomic E-state index is 9.18. The molecule has 1 rings (SSSR count). The number of nitrogens with one attached hydrogen (secondary N) is 1. The SMILES string of the molecule is OC[C@@H]1N[C@H](CO)[C@@H](O)C1O. The van der Waals surface area contributed by atoms with Gasteiger partial charge in [0.1, 0.15) is 0 Å². The van der Waals surface area contributed by atoms with Crippen LogP contribution in [0.15, 0.2) is 0 Å². The minimum Gasteiger partial charge on any atom is -0.395 e. The molecule has 5 nitrogen and oxygen atoms in total. The highest BCUT2D eigenvalue weighted by Crippen LogP contribution is 2.13. The van der Waals surface area contributed by atoms with E-state index >= 15 is 0 Å². The number of aliphatic hydroxyl groups excluding tert-OH is 4. The predicted octanol–water partition coefficient (Wildman–Crippen LogP) is -2.97. The Morgan fingerprint density at radius 3 is 1.45 bits per heavy atom. The van der Waals surface area contributed by atoms with Crippen molar-refractivity contribution in [2.75, 3.05) is 13.2 Å². The molecule has 1 aliphatic heterocycles. The van der Waals surface area contributed by atoms with Crippen molar-refractivity contribution in [2.24, 2.45) is 0 Å². The van der Waals surface area contributed by atoms with Gasteiger partial charge in [-0.2, -0.15) is 0 Å². The zero-order valence-electron chi connectivity index (χ0n) is 6.01. The lowest BCUT2D eigenvalue weighted by atomic mass is 10.1. The van der Waals surface area contributed by atoms with Crippen molar-refractivity contribution in [1.29, 1.82) is 0 Å². The molecule has 1 saturated heterocycles. The third-order valence-electron chi connectivity index (χ3n) is 2.00. The fraction of sp³-hybridized carbons (Fsp3) is 1.00. The van der Waals surface area contributed by atoms with Gasteiger partial charge in [-0.1, -0.05) is 0 Å². The Morgan fingerprint density at radius 1 is 0.909 bits per heavy atom. The molecule has 0 radical (unpaired) electrons. The second kappa shape index (κ2) is 3.46. The zero-order valence-corrected chi connectivity index (χ0v) is 6.01. The normalized spacial score (nSPS) is 44.7. The summed E-state index contributed by atoms with van der Waals surface area (Å²) in [5.74, 6) is 0. The molecule has 4 atom stereocenters. The van der Waals surface area contributed by atoms with Crippen LogP contribution in [0.3, 0.4) is 0 Å². The molecule has 1 unspecified atom stereocenters. The first kappa shape index (κ1) is 8.89. The van der Waals surface area contributed by atoms with Crippen LogP contribution in [0.4, 0.5) is 0 Å². The summed E-state index contributed by atoms with van der Waals surface area (Å²) in [6, 6.07) is -1.05. The maximum Gasteiger partial charge on any atom is 0.0990 e. The second-order valence-electron chi connectivity index (χ2n) is 2.73. The van der Waals surface area contributed by atoms with E-state index in [0.717, 1.165) is 0 Å². The van der Waals surface area contributed by atoms with Gasteiger partial charge >= 0.3 is 0 Å². The van der Waals surface area contributed by atoms with E-state index in [1.807, 2.05) is 0 Å². The van der Waals surface area contributed by atoms with E-state index in [0.29, 0.717) is 0 Å². The lowest BCUT2D eigenvalue weighted by Crippen LogP contribution is -2.37. The highest BCUT2D eigenvalue weighted by atomic mass is 16.3. The van der Waals surface area contributed by atoms with Gasteiger partial charge in [-0.3, -0.25) is 0 Å². The highest BCUT2D eigenvalue weighted by molar-refractivity contribution is 4.97. The maximum absolute atomic E-state index is 9.18. The number of aliphatic hydroxyl groups is 4. The van der Waals surface area contributed by atoms with Gasteiger partial charge in [0.25, 0.3) is 0 Å². The van der Waals surface area contributed by atoms with Gasteiger partial charge < -0.3 is 25.7 Å². The quantitative estimate of drug-likeness (QED) is 0.300. The lowest BCUT2D eigenvalue weighted by Gasteiger charge is -2.12. The lowest BCUT2D eigenvalue weighted by molar-refractivity contribution is 0.0130. The third-order valence-corrected chi connectivity index (χ3v) is 2.00. The van der Waals surface area contributed by atoms with E-state index in [-0.39, 0.29) is 13.2 Å². The van der Waals surface area contributed by atoms with Crippen LogP contribution in [0, 0.1) is 0 Å². The minimum atomic E-state index is -0.989. The fourth-order valence-electron chi connectivity index (χ4n) is 1.27. The number of hydrogen-bond acceptors (Lipinski definition) is 5. The van der Waals surface area contributed by atoms with E-state index in [1.165, 1.54) is 0 Å². The molecule has 0 aliphatic carbocycles. The molecule has 0 saturated carbocycles. The summed E-state index contributed by atoms with van der Waals surface area (Å²) < 4.78 is 0. The van der Waals surface area contributed by atoms with Gasteiger partial charge in [0.05, 0.1) is 37.5 Å². The number of rotatable bonds is 2. The molecule has 0 bridgehead atoms. The molecule has 1 aliphatic rings. The summed E-state index contributed by atoms with van der Waals surface area (Å²) in [6.07, 6.45) is -1.98.